The lowest BCUT2D eigenvalue weighted by molar-refractivity contribution is -0.140. The number of nitrogens with one attached hydrogen (secondary N) is 1. The molecule has 0 aliphatic rings. The molecule has 2 aromatic carbocycles. The van der Waals surface area contributed by atoms with Crippen molar-refractivity contribution in [1.29, 1.82) is 0 Å². The van der Waals surface area contributed by atoms with Crippen molar-refractivity contribution in [1.82, 2.24) is 10.2 Å². The summed E-state index contributed by atoms with van der Waals surface area (Å²) in [6, 6.07) is 12.8. The normalized spacial score (nSPS) is 12.2. The molecule has 0 aromatic heterocycles. The molecule has 8 nitrogen and oxygen atoms in total. The predicted octanol–water partition coefficient (Wildman–Crippen LogP) is 3.30. The van der Waals surface area contributed by atoms with Gasteiger partial charge in [-0.05, 0) is 51.8 Å². The standard InChI is InChI=1S/C26H35N3O5S/c1-7-24(26(32)27-18(2)3)28(16-21-13-11-19(4)12-14-21)25(31)17-29(35(6,33)34)23-10-8-9-22(15-23)20(5)30/h8-15,18,24H,7,16-17H2,1-6H3,(H,27,32). The van der Waals surface area contributed by atoms with Gasteiger partial charge in [0.05, 0.1) is 11.9 Å². The molecule has 1 N–H and O–H groups in total. The number of hydrogen-bond donors (Lipinski definition) is 1. The molecule has 0 saturated heterocycles. The maximum atomic E-state index is 13.6. The van der Waals surface area contributed by atoms with Gasteiger partial charge in [-0.15, -0.1) is 0 Å². The summed E-state index contributed by atoms with van der Waals surface area (Å²) in [5.74, 6) is -1.04. The number of hydrogen-bond acceptors (Lipinski definition) is 5. The van der Waals surface area contributed by atoms with Crippen LogP contribution in [0, 0.1) is 6.92 Å². The van der Waals surface area contributed by atoms with Gasteiger partial charge in [-0.3, -0.25) is 18.7 Å². The van der Waals surface area contributed by atoms with Crippen molar-refractivity contribution in [3.63, 3.8) is 0 Å². The summed E-state index contributed by atoms with van der Waals surface area (Å²) in [5, 5.41) is 2.86. The van der Waals surface area contributed by atoms with Crippen LogP contribution in [-0.2, 0) is 26.2 Å². The minimum absolute atomic E-state index is 0.116. The van der Waals surface area contributed by atoms with Crippen LogP contribution in [0.4, 0.5) is 5.69 Å². The second kappa shape index (κ2) is 12.0. The van der Waals surface area contributed by atoms with Gasteiger partial charge in [0.15, 0.2) is 5.78 Å². The summed E-state index contributed by atoms with van der Waals surface area (Å²) in [5.41, 5.74) is 2.43. The maximum Gasteiger partial charge on any atom is 0.244 e. The number of sulfonamides is 1. The third-order valence-corrected chi connectivity index (χ3v) is 6.65. The summed E-state index contributed by atoms with van der Waals surface area (Å²) in [4.78, 5) is 39.9. The Hall–Kier alpha value is -3.20. The number of Topliss-reactive ketones (excluding diaryl/α,β-unsaturated/α-hetero) is 1. The fourth-order valence-electron chi connectivity index (χ4n) is 3.68. The monoisotopic (exact) mass is 501 g/mol. The molecule has 0 fully saturated rings. The van der Waals surface area contributed by atoms with Crippen molar-refractivity contribution < 1.29 is 22.8 Å². The number of nitrogens with zero attached hydrogens (tertiary/aromatic N) is 2. The molecule has 1 atom stereocenters. The molecule has 2 rings (SSSR count). The van der Waals surface area contributed by atoms with Crippen molar-refractivity contribution in [3.8, 4) is 0 Å². The minimum Gasteiger partial charge on any atom is -0.352 e. The highest BCUT2D eigenvalue weighted by Gasteiger charge is 2.32. The van der Waals surface area contributed by atoms with Crippen LogP contribution in [0.25, 0.3) is 0 Å². The van der Waals surface area contributed by atoms with Gasteiger partial charge >= 0.3 is 0 Å². The predicted molar refractivity (Wildman–Crippen MR) is 138 cm³/mol. The molecule has 0 bridgehead atoms. The van der Waals surface area contributed by atoms with Crippen molar-refractivity contribution >= 4 is 33.3 Å². The van der Waals surface area contributed by atoms with Gasteiger partial charge in [0.25, 0.3) is 0 Å². The number of anilines is 1. The molecule has 0 spiro atoms. The second-order valence-electron chi connectivity index (χ2n) is 8.97. The summed E-state index contributed by atoms with van der Waals surface area (Å²) >= 11 is 0. The molecular weight excluding hydrogens is 466 g/mol. The van der Waals surface area contributed by atoms with E-state index in [1.54, 1.807) is 12.1 Å². The number of benzene rings is 2. The van der Waals surface area contributed by atoms with Gasteiger partial charge in [0, 0.05) is 18.2 Å². The van der Waals surface area contributed by atoms with E-state index in [0.29, 0.717) is 12.0 Å². The fraction of sp³-hybridized carbons (Fsp3) is 0.423. The molecule has 35 heavy (non-hydrogen) atoms. The summed E-state index contributed by atoms with van der Waals surface area (Å²) in [7, 11) is -3.87. The van der Waals surface area contributed by atoms with Crippen LogP contribution in [-0.4, -0.2) is 55.8 Å². The molecule has 0 heterocycles. The Bertz CT molecular complexity index is 1160. The number of carbonyl (C=O) groups is 3. The molecule has 2 amide bonds. The van der Waals surface area contributed by atoms with Crippen molar-refractivity contribution in [2.45, 2.75) is 59.7 Å². The van der Waals surface area contributed by atoms with Gasteiger partial charge in [0.1, 0.15) is 12.6 Å². The van der Waals surface area contributed by atoms with E-state index in [9.17, 15) is 22.8 Å². The summed E-state index contributed by atoms with van der Waals surface area (Å²) in [6.07, 6.45) is 1.36. The van der Waals surface area contributed by atoms with E-state index in [1.807, 2.05) is 52.0 Å². The van der Waals surface area contributed by atoms with Crippen molar-refractivity contribution in [2.75, 3.05) is 17.1 Å². The third kappa shape index (κ3) is 7.92. The highest BCUT2D eigenvalue weighted by molar-refractivity contribution is 7.92. The Kier molecular flexibility index (Phi) is 9.59. The number of amides is 2. The molecule has 0 aliphatic heterocycles. The summed E-state index contributed by atoms with van der Waals surface area (Å²) < 4.78 is 26.3. The Labute approximate surface area is 208 Å². The number of ketones is 1. The van der Waals surface area contributed by atoms with Gasteiger partial charge < -0.3 is 10.2 Å². The van der Waals surface area contributed by atoms with Crippen molar-refractivity contribution in [2.24, 2.45) is 0 Å². The van der Waals surface area contributed by atoms with Crippen LogP contribution < -0.4 is 9.62 Å². The summed E-state index contributed by atoms with van der Waals surface area (Å²) in [6.45, 7) is 8.47. The first kappa shape index (κ1) is 28.0. The third-order valence-electron chi connectivity index (χ3n) is 5.51. The zero-order valence-corrected chi connectivity index (χ0v) is 22.1. The first-order valence-electron chi connectivity index (χ1n) is 11.6. The lowest BCUT2D eigenvalue weighted by Gasteiger charge is -2.33. The Balaban J connectivity index is 2.47. The average molecular weight is 502 g/mol. The van der Waals surface area contributed by atoms with E-state index in [4.69, 9.17) is 0 Å². The van der Waals surface area contributed by atoms with Gasteiger partial charge in [-0.2, -0.15) is 0 Å². The molecule has 2 aromatic rings. The first-order valence-corrected chi connectivity index (χ1v) is 13.4. The molecule has 0 radical (unpaired) electrons. The average Bonchev–Trinajstić information content (AvgIpc) is 2.77. The molecule has 1 unspecified atom stereocenters. The first-order chi connectivity index (χ1) is 16.3. The highest BCUT2D eigenvalue weighted by Crippen LogP contribution is 2.21. The SMILES string of the molecule is CCC(C(=O)NC(C)C)N(Cc1ccc(C)cc1)C(=O)CN(c1cccc(C(C)=O)c1)S(C)(=O)=O. The van der Waals surface area contributed by atoms with E-state index in [-0.39, 0.29) is 30.0 Å². The quantitative estimate of drug-likeness (QED) is 0.476. The maximum absolute atomic E-state index is 13.6. The van der Waals surface area contributed by atoms with E-state index in [2.05, 4.69) is 5.32 Å². The van der Waals surface area contributed by atoms with E-state index in [1.165, 1.54) is 24.0 Å². The molecule has 190 valence electrons. The van der Waals surface area contributed by atoms with Crippen LogP contribution in [0.1, 0.15) is 55.6 Å². The van der Waals surface area contributed by atoms with E-state index >= 15 is 0 Å². The Morgan fingerprint density at radius 3 is 2.17 bits per heavy atom. The van der Waals surface area contributed by atoms with Crippen LogP contribution in [0.15, 0.2) is 48.5 Å². The van der Waals surface area contributed by atoms with Gasteiger partial charge in [-0.1, -0.05) is 48.9 Å². The Morgan fingerprint density at radius 2 is 1.66 bits per heavy atom. The number of carbonyl (C=O) groups excluding carboxylic acids is 3. The largest absolute Gasteiger partial charge is 0.352 e. The van der Waals surface area contributed by atoms with Gasteiger partial charge in [-0.25, -0.2) is 8.42 Å². The van der Waals surface area contributed by atoms with E-state index < -0.39 is 28.5 Å². The minimum atomic E-state index is -3.87. The number of aryl methyl sites for hydroxylation is 1. The highest BCUT2D eigenvalue weighted by atomic mass is 32.2. The Morgan fingerprint density at radius 1 is 1.03 bits per heavy atom. The second-order valence-corrected chi connectivity index (χ2v) is 10.9. The number of rotatable bonds is 11. The lowest BCUT2D eigenvalue weighted by atomic mass is 10.1. The van der Waals surface area contributed by atoms with Gasteiger partial charge in [0.2, 0.25) is 21.8 Å². The van der Waals surface area contributed by atoms with E-state index in [0.717, 1.165) is 21.7 Å². The topological polar surface area (TPSA) is 104 Å². The van der Waals surface area contributed by atoms with Crippen LogP contribution in [0.2, 0.25) is 0 Å². The molecular formula is C26H35N3O5S. The fourth-order valence-corrected chi connectivity index (χ4v) is 4.53. The molecule has 9 heteroatoms. The lowest BCUT2D eigenvalue weighted by Crippen LogP contribution is -2.53. The zero-order valence-electron chi connectivity index (χ0n) is 21.2. The zero-order chi connectivity index (χ0) is 26.3. The van der Waals surface area contributed by atoms with Crippen molar-refractivity contribution in [3.05, 3.63) is 65.2 Å². The van der Waals surface area contributed by atoms with Crippen LogP contribution in [0.5, 0.6) is 0 Å². The van der Waals surface area contributed by atoms with Crippen LogP contribution >= 0.6 is 0 Å². The molecule has 0 saturated carbocycles. The van der Waals surface area contributed by atoms with Crippen LogP contribution in [0.3, 0.4) is 0 Å². The smallest absolute Gasteiger partial charge is 0.244 e. The molecule has 0 aliphatic carbocycles.